The first-order valence-corrected chi connectivity index (χ1v) is 7.58. The normalized spacial score (nSPS) is 17.4. The number of nitrogens with zero attached hydrogens (tertiary/aromatic N) is 4. The molecule has 112 valence electrons. The number of aromatic amines is 1. The van der Waals surface area contributed by atoms with Crippen molar-refractivity contribution in [2.24, 2.45) is 0 Å². The highest BCUT2D eigenvalue weighted by atomic mass is 15.3. The molecular weight excluding hydrogens is 276 g/mol. The van der Waals surface area contributed by atoms with Crippen molar-refractivity contribution >= 4 is 0 Å². The van der Waals surface area contributed by atoms with Gasteiger partial charge in [0.1, 0.15) is 12.2 Å². The number of hydrogen-bond acceptors (Lipinski definition) is 4. The van der Waals surface area contributed by atoms with E-state index in [0.717, 1.165) is 37.4 Å². The fourth-order valence-corrected chi connectivity index (χ4v) is 2.96. The molecule has 22 heavy (non-hydrogen) atoms. The predicted molar refractivity (Wildman–Crippen MR) is 83.0 cm³/mol. The molecule has 0 saturated heterocycles. The Morgan fingerprint density at radius 3 is 3.09 bits per heavy atom. The Morgan fingerprint density at radius 1 is 1.27 bits per heavy atom. The maximum absolute atomic E-state index is 4.26. The Balaban J connectivity index is 1.44. The number of aryl methyl sites for hydroxylation is 1. The summed E-state index contributed by atoms with van der Waals surface area (Å²) in [4.78, 5) is 4.26. The van der Waals surface area contributed by atoms with Crippen LogP contribution in [0.15, 0.2) is 42.9 Å². The van der Waals surface area contributed by atoms with E-state index in [1.807, 2.05) is 29.1 Å². The maximum atomic E-state index is 4.26. The lowest BCUT2D eigenvalue weighted by atomic mass is 10.1. The van der Waals surface area contributed by atoms with Crippen LogP contribution in [0.25, 0.3) is 11.3 Å². The summed E-state index contributed by atoms with van der Waals surface area (Å²) in [7, 11) is 0. The lowest BCUT2D eigenvalue weighted by Gasteiger charge is -2.23. The number of H-pyrrole nitrogens is 1. The van der Waals surface area contributed by atoms with E-state index in [0.29, 0.717) is 6.04 Å². The highest BCUT2D eigenvalue weighted by Crippen LogP contribution is 2.21. The summed E-state index contributed by atoms with van der Waals surface area (Å²) in [6, 6.07) is 10.7. The summed E-state index contributed by atoms with van der Waals surface area (Å²) in [5.41, 5.74) is 3.44. The van der Waals surface area contributed by atoms with Crippen molar-refractivity contribution in [2.75, 3.05) is 0 Å². The van der Waals surface area contributed by atoms with Crippen molar-refractivity contribution in [1.29, 1.82) is 0 Å². The summed E-state index contributed by atoms with van der Waals surface area (Å²) in [6.45, 7) is 1.68. The van der Waals surface area contributed by atoms with Crippen LogP contribution < -0.4 is 5.32 Å². The average Bonchev–Trinajstić information content (AvgIpc) is 3.22. The van der Waals surface area contributed by atoms with E-state index >= 15 is 0 Å². The van der Waals surface area contributed by atoms with Gasteiger partial charge in [0.2, 0.25) is 0 Å². The van der Waals surface area contributed by atoms with Crippen molar-refractivity contribution < 1.29 is 0 Å². The van der Waals surface area contributed by atoms with Crippen molar-refractivity contribution in [3.05, 3.63) is 54.2 Å². The molecule has 1 aliphatic rings. The van der Waals surface area contributed by atoms with E-state index in [-0.39, 0.29) is 0 Å². The van der Waals surface area contributed by atoms with Gasteiger partial charge in [-0.3, -0.25) is 5.10 Å². The van der Waals surface area contributed by atoms with E-state index in [1.54, 1.807) is 6.33 Å². The van der Waals surface area contributed by atoms with Gasteiger partial charge in [0.15, 0.2) is 0 Å². The minimum atomic E-state index is 0.424. The first-order chi connectivity index (χ1) is 10.9. The monoisotopic (exact) mass is 294 g/mol. The number of nitrogens with one attached hydrogen (secondary N) is 2. The third-order valence-corrected chi connectivity index (χ3v) is 4.17. The molecule has 6 heteroatoms. The quantitative estimate of drug-likeness (QED) is 0.769. The van der Waals surface area contributed by atoms with Crippen LogP contribution in [0.2, 0.25) is 0 Å². The van der Waals surface area contributed by atoms with Gasteiger partial charge in [-0.15, -0.1) is 0 Å². The molecular formula is C16H18N6. The van der Waals surface area contributed by atoms with Gasteiger partial charge >= 0.3 is 0 Å². The van der Waals surface area contributed by atoms with Gasteiger partial charge < -0.3 is 5.32 Å². The second kappa shape index (κ2) is 5.73. The van der Waals surface area contributed by atoms with E-state index in [9.17, 15) is 0 Å². The van der Waals surface area contributed by atoms with Gasteiger partial charge in [-0.05, 0) is 12.0 Å². The third-order valence-electron chi connectivity index (χ3n) is 4.17. The SMILES string of the molecule is c1ccc(-c2[nH]ncc2CN[C@@H]2CCc3ncnn3C2)cc1. The van der Waals surface area contributed by atoms with Crippen LogP contribution in [0.4, 0.5) is 0 Å². The van der Waals surface area contributed by atoms with Gasteiger partial charge in [0, 0.05) is 24.6 Å². The molecule has 6 nitrogen and oxygen atoms in total. The van der Waals surface area contributed by atoms with Gasteiger partial charge in [-0.1, -0.05) is 30.3 Å². The number of rotatable bonds is 4. The van der Waals surface area contributed by atoms with Gasteiger partial charge in [0.05, 0.1) is 18.4 Å². The average molecular weight is 294 g/mol. The van der Waals surface area contributed by atoms with E-state index in [1.165, 1.54) is 11.1 Å². The summed E-state index contributed by atoms with van der Waals surface area (Å²) < 4.78 is 1.99. The Bertz CT molecular complexity index is 745. The third kappa shape index (κ3) is 2.53. The number of hydrogen-bond donors (Lipinski definition) is 2. The Kier molecular flexibility index (Phi) is 3.44. The van der Waals surface area contributed by atoms with Crippen LogP contribution >= 0.6 is 0 Å². The topological polar surface area (TPSA) is 71.4 Å². The molecule has 2 aromatic heterocycles. The van der Waals surface area contributed by atoms with E-state index < -0.39 is 0 Å². The summed E-state index contributed by atoms with van der Waals surface area (Å²) >= 11 is 0. The Hall–Kier alpha value is -2.47. The molecule has 0 radical (unpaired) electrons. The highest BCUT2D eigenvalue weighted by Gasteiger charge is 2.19. The standard InChI is InChI=1S/C16H18N6/c1-2-4-12(5-3-1)16-13(9-19-21-16)8-17-14-6-7-15-18-11-20-22(15)10-14/h1-5,9,11,14,17H,6-8,10H2,(H,19,21)/t14-/m1/s1. The molecule has 0 fully saturated rings. The fourth-order valence-electron chi connectivity index (χ4n) is 2.96. The van der Waals surface area contributed by atoms with Gasteiger partial charge in [0.25, 0.3) is 0 Å². The summed E-state index contributed by atoms with van der Waals surface area (Å²) in [5, 5.41) is 15.2. The molecule has 3 heterocycles. The van der Waals surface area contributed by atoms with Crippen LogP contribution in [0.3, 0.4) is 0 Å². The molecule has 0 amide bonds. The second-order valence-corrected chi connectivity index (χ2v) is 5.61. The Labute approximate surface area is 128 Å². The number of benzene rings is 1. The summed E-state index contributed by atoms with van der Waals surface area (Å²) in [5.74, 6) is 1.09. The zero-order valence-corrected chi connectivity index (χ0v) is 12.2. The van der Waals surface area contributed by atoms with Crippen LogP contribution in [-0.4, -0.2) is 31.0 Å². The maximum Gasteiger partial charge on any atom is 0.138 e. The molecule has 1 aliphatic heterocycles. The molecule has 4 rings (SSSR count). The largest absolute Gasteiger partial charge is 0.308 e. The molecule has 0 saturated carbocycles. The zero-order chi connectivity index (χ0) is 14.8. The molecule has 0 bridgehead atoms. The van der Waals surface area contributed by atoms with E-state index in [2.05, 4.69) is 37.7 Å². The lowest BCUT2D eigenvalue weighted by molar-refractivity contribution is 0.358. The van der Waals surface area contributed by atoms with E-state index in [4.69, 9.17) is 0 Å². The van der Waals surface area contributed by atoms with Crippen LogP contribution in [-0.2, 0) is 19.5 Å². The van der Waals surface area contributed by atoms with Crippen molar-refractivity contribution in [1.82, 2.24) is 30.3 Å². The van der Waals surface area contributed by atoms with Crippen molar-refractivity contribution in [3.8, 4) is 11.3 Å². The molecule has 0 unspecified atom stereocenters. The minimum absolute atomic E-state index is 0.424. The predicted octanol–water partition coefficient (Wildman–Crippen LogP) is 1.77. The first kappa shape index (κ1) is 13.2. The van der Waals surface area contributed by atoms with Crippen LogP contribution in [0.5, 0.6) is 0 Å². The minimum Gasteiger partial charge on any atom is -0.308 e. The molecule has 0 spiro atoms. The zero-order valence-electron chi connectivity index (χ0n) is 12.2. The second-order valence-electron chi connectivity index (χ2n) is 5.61. The molecule has 1 atom stereocenters. The molecule has 3 aromatic rings. The lowest BCUT2D eigenvalue weighted by Crippen LogP contribution is -2.37. The first-order valence-electron chi connectivity index (χ1n) is 7.58. The highest BCUT2D eigenvalue weighted by molar-refractivity contribution is 5.62. The molecule has 0 aliphatic carbocycles. The number of aromatic nitrogens is 5. The Morgan fingerprint density at radius 2 is 2.18 bits per heavy atom. The fraction of sp³-hybridized carbons (Fsp3) is 0.312. The van der Waals surface area contributed by atoms with Crippen LogP contribution in [0.1, 0.15) is 17.8 Å². The molecule has 2 N–H and O–H groups in total. The van der Waals surface area contributed by atoms with Crippen molar-refractivity contribution in [2.45, 2.75) is 32.0 Å². The number of fused-ring (bicyclic) bond motifs is 1. The smallest absolute Gasteiger partial charge is 0.138 e. The van der Waals surface area contributed by atoms with Crippen molar-refractivity contribution in [3.63, 3.8) is 0 Å². The van der Waals surface area contributed by atoms with Gasteiger partial charge in [-0.2, -0.15) is 10.2 Å². The van der Waals surface area contributed by atoms with Gasteiger partial charge in [-0.25, -0.2) is 9.67 Å². The van der Waals surface area contributed by atoms with Crippen LogP contribution in [0, 0.1) is 0 Å². The molecule has 1 aromatic carbocycles. The summed E-state index contributed by atoms with van der Waals surface area (Å²) in [6.07, 6.45) is 5.62.